The second-order valence-corrected chi connectivity index (χ2v) is 17.1. The first-order chi connectivity index (χ1) is 26.7. The van der Waals surface area contributed by atoms with E-state index in [2.05, 4.69) is 90.8 Å². The number of halogens is 2. The van der Waals surface area contributed by atoms with E-state index < -0.39 is 17.2 Å². The third kappa shape index (κ3) is 8.37. The predicted molar refractivity (Wildman–Crippen MR) is 213 cm³/mol. The van der Waals surface area contributed by atoms with Gasteiger partial charge >= 0.3 is 5.69 Å². The Morgan fingerprint density at radius 2 is 1.52 bits per heavy atom. The summed E-state index contributed by atoms with van der Waals surface area (Å²) in [5, 5.41) is 8.72. The molecule has 0 bridgehead atoms. The van der Waals surface area contributed by atoms with Gasteiger partial charge in [0.1, 0.15) is 42.0 Å². The Hall–Kier alpha value is -5.04. The second-order valence-electron chi connectivity index (χ2n) is 17.1. The SMILES string of the molecule is CCC(C)(C)C(Cn1ncn(-c2ccc(N3CCN(c4ccc(OC[C@H]5COC(Cn6cncn6)(c6ccc(F)cc6F)C5)cc4)CC3)cc2)c1=O)C(C)(C)C. The predicted octanol–water partition coefficient (Wildman–Crippen LogP) is 7.34. The van der Waals surface area contributed by atoms with Gasteiger partial charge in [0.05, 0.1) is 32.0 Å². The molecule has 0 radical (unpaired) electrons. The molecular formula is C43H54F2N8O3. The van der Waals surface area contributed by atoms with Crippen molar-refractivity contribution in [3.05, 3.63) is 113 Å². The van der Waals surface area contributed by atoms with Crippen molar-refractivity contribution in [2.45, 2.75) is 73.1 Å². The van der Waals surface area contributed by atoms with Gasteiger partial charge in [-0.05, 0) is 77.8 Å². The van der Waals surface area contributed by atoms with Crippen LogP contribution in [-0.4, -0.2) is 68.5 Å². The van der Waals surface area contributed by atoms with E-state index in [0.29, 0.717) is 31.7 Å². The van der Waals surface area contributed by atoms with Crippen LogP contribution in [0.5, 0.6) is 5.75 Å². The zero-order valence-electron chi connectivity index (χ0n) is 33.4. The number of ether oxygens (including phenoxy) is 2. The summed E-state index contributed by atoms with van der Waals surface area (Å²) in [5.41, 5.74) is 2.34. The van der Waals surface area contributed by atoms with Crippen molar-refractivity contribution in [1.29, 1.82) is 0 Å². The average Bonchev–Trinajstić information content (AvgIpc) is 3.94. The highest BCUT2D eigenvalue weighted by Gasteiger charge is 2.45. The summed E-state index contributed by atoms with van der Waals surface area (Å²) in [7, 11) is 0. The van der Waals surface area contributed by atoms with Gasteiger partial charge in [0, 0.05) is 55.1 Å². The molecule has 2 aromatic heterocycles. The minimum Gasteiger partial charge on any atom is -0.493 e. The molecule has 0 saturated carbocycles. The molecule has 0 amide bonds. The second kappa shape index (κ2) is 15.8. The zero-order valence-corrected chi connectivity index (χ0v) is 33.4. The number of hydrogen-bond donors (Lipinski definition) is 0. The Labute approximate surface area is 327 Å². The van der Waals surface area contributed by atoms with Crippen molar-refractivity contribution in [2.75, 3.05) is 49.2 Å². The first-order valence-electron chi connectivity index (χ1n) is 19.6. The molecule has 4 heterocycles. The third-order valence-corrected chi connectivity index (χ3v) is 12.0. The van der Waals surface area contributed by atoms with E-state index in [1.165, 1.54) is 18.5 Å². The molecule has 11 nitrogen and oxygen atoms in total. The van der Waals surface area contributed by atoms with E-state index in [0.717, 1.165) is 61.5 Å². The van der Waals surface area contributed by atoms with Gasteiger partial charge in [-0.25, -0.2) is 32.5 Å². The van der Waals surface area contributed by atoms with Crippen LogP contribution in [0.15, 0.2) is 90.5 Å². The van der Waals surface area contributed by atoms with E-state index >= 15 is 4.39 Å². The summed E-state index contributed by atoms with van der Waals surface area (Å²) < 4.78 is 46.1. The molecule has 2 fully saturated rings. The summed E-state index contributed by atoms with van der Waals surface area (Å²) in [4.78, 5) is 22.2. The molecule has 5 aromatic rings. The lowest BCUT2D eigenvalue weighted by molar-refractivity contribution is -0.0206. The van der Waals surface area contributed by atoms with Crippen LogP contribution in [0.25, 0.3) is 5.69 Å². The molecular weight excluding hydrogens is 715 g/mol. The van der Waals surface area contributed by atoms with Crippen LogP contribution in [0.3, 0.4) is 0 Å². The van der Waals surface area contributed by atoms with Crippen LogP contribution in [0.4, 0.5) is 20.2 Å². The number of aromatic nitrogens is 6. The smallest absolute Gasteiger partial charge is 0.350 e. The van der Waals surface area contributed by atoms with Crippen LogP contribution in [0.1, 0.15) is 59.9 Å². The maximum atomic E-state index is 15.0. The maximum Gasteiger partial charge on any atom is 0.350 e. The molecule has 2 aliphatic rings. The summed E-state index contributed by atoms with van der Waals surface area (Å²) >= 11 is 0. The number of anilines is 2. The molecule has 298 valence electrons. The molecule has 0 spiro atoms. The van der Waals surface area contributed by atoms with Crippen molar-refractivity contribution in [2.24, 2.45) is 22.7 Å². The molecule has 56 heavy (non-hydrogen) atoms. The van der Waals surface area contributed by atoms with Crippen LogP contribution in [0, 0.1) is 34.3 Å². The summed E-state index contributed by atoms with van der Waals surface area (Å²) in [6, 6.07) is 19.9. The minimum absolute atomic E-state index is 0.00663. The Morgan fingerprint density at radius 1 is 0.875 bits per heavy atom. The lowest BCUT2D eigenvalue weighted by atomic mass is 9.64. The van der Waals surface area contributed by atoms with Gasteiger partial charge in [-0.3, -0.25) is 0 Å². The van der Waals surface area contributed by atoms with Crippen molar-refractivity contribution in [3.8, 4) is 11.4 Å². The highest BCUT2D eigenvalue weighted by molar-refractivity contribution is 5.54. The van der Waals surface area contributed by atoms with E-state index in [1.807, 2.05) is 24.3 Å². The summed E-state index contributed by atoms with van der Waals surface area (Å²) in [6.45, 7) is 18.6. The molecule has 13 heteroatoms. The maximum absolute atomic E-state index is 15.0. The Bertz CT molecular complexity index is 2120. The van der Waals surface area contributed by atoms with Crippen molar-refractivity contribution < 1.29 is 18.3 Å². The number of benzene rings is 3. The first kappa shape index (κ1) is 39.2. The van der Waals surface area contributed by atoms with E-state index in [-0.39, 0.29) is 34.9 Å². The monoisotopic (exact) mass is 768 g/mol. The standard InChI is InChI=1S/C43H54F2N8O3/c1-7-42(5,6)39(41(2,3)4)24-53-40(54)52(30-48-53)35-11-9-33(10-12-35)49-18-20-50(21-19-49)34-13-15-36(16-14-34)55-25-31-23-43(56-26-31,27-51-29-46-28-47-51)37-17-8-32(44)22-38(37)45/h8-17,22,28-31,39H,7,18-21,23-27H2,1-6H3/t31-,39?,43?/m0/s1. The normalized spacial score (nSPS) is 19.8. The van der Waals surface area contributed by atoms with Gasteiger partial charge in [0.25, 0.3) is 0 Å². The Morgan fingerprint density at radius 3 is 2.11 bits per heavy atom. The van der Waals surface area contributed by atoms with Gasteiger partial charge in [-0.1, -0.05) is 54.0 Å². The van der Waals surface area contributed by atoms with Gasteiger partial charge in [-0.2, -0.15) is 10.2 Å². The van der Waals surface area contributed by atoms with Crippen LogP contribution < -0.4 is 20.2 Å². The van der Waals surface area contributed by atoms with E-state index in [4.69, 9.17) is 9.47 Å². The molecule has 7 rings (SSSR count). The molecule has 3 atom stereocenters. The molecule has 2 aliphatic heterocycles. The first-order valence-corrected chi connectivity index (χ1v) is 19.6. The fourth-order valence-electron chi connectivity index (χ4n) is 8.55. The molecule has 2 unspecified atom stereocenters. The Balaban J connectivity index is 0.918. The number of nitrogens with zero attached hydrogens (tertiary/aromatic N) is 8. The number of rotatable bonds is 13. The Kier molecular flexibility index (Phi) is 11.1. The van der Waals surface area contributed by atoms with Gasteiger partial charge in [0.15, 0.2) is 0 Å². The topological polar surface area (TPSA) is 95.5 Å². The lowest BCUT2D eigenvalue weighted by Crippen LogP contribution is -2.46. The summed E-state index contributed by atoms with van der Waals surface area (Å²) in [6.07, 6.45) is 6.14. The van der Waals surface area contributed by atoms with Gasteiger partial charge in [0.2, 0.25) is 0 Å². The van der Waals surface area contributed by atoms with Crippen LogP contribution >= 0.6 is 0 Å². The highest BCUT2D eigenvalue weighted by Crippen LogP contribution is 2.44. The quantitative estimate of drug-likeness (QED) is 0.123. The highest BCUT2D eigenvalue weighted by atomic mass is 19.1. The molecule has 0 aliphatic carbocycles. The van der Waals surface area contributed by atoms with E-state index in [1.54, 1.807) is 26.6 Å². The van der Waals surface area contributed by atoms with Gasteiger partial charge in [-0.15, -0.1) is 0 Å². The number of hydrogen-bond acceptors (Lipinski definition) is 8. The lowest BCUT2D eigenvalue weighted by Gasteiger charge is -2.42. The fourth-order valence-corrected chi connectivity index (χ4v) is 8.55. The summed E-state index contributed by atoms with van der Waals surface area (Å²) in [5.74, 6) is -0.247. The largest absolute Gasteiger partial charge is 0.493 e. The third-order valence-electron chi connectivity index (χ3n) is 12.0. The van der Waals surface area contributed by atoms with Crippen molar-refractivity contribution >= 4 is 11.4 Å². The molecule has 0 N–H and O–H groups in total. The molecule has 2 saturated heterocycles. The van der Waals surface area contributed by atoms with E-state index in [9.17, 15) is 9.18 Å². The average molecular weight is 769 g/mol. The number of piperazine rings is 1. The van der Waals surface area contributed by atoms with Crippen molar-refractivity contribution in [3.63, 3.8) is 0 Å². The zero-order chi connectivity index (χ0) is 39.7. The van der Waals surface area contributed by atoms with Crippen molar-refractivity contribution in [1.82, 2.24) is 29.1 Å². The van der Waals surface area contributed by atoms with Crippen LogP contribution in [-0.2, 0) is 23.4 Å². The minimum atomic E-state index is -1.01. The van der Waals surface area contributed by atoms with Crippen LogP contribution in [0.2, 0.25) is 0 Å². The fraction of sp³-hybridized carbons (Fsp3) is 0.488. The molecule has 3 aromatic carbocycles. The van der Waals surface area contributed by atoms with Gasteiger partial charge < -0.3 is 19.3 Å².